The third kappa shape index (κ3) is 39.1. The molecule has 0 aromatic heterocycles. The summed E-state index contributed by atoms with van der Waals surface area (Å²) in [6, 6.07) is -1.05. The predicted octanol–water partition coefficient (Wildman–Crippen LogP) is 13.5. The van der Waals surface area contributed by atoms with Gasteiger partial charge in [0.15, 0.2) is 12.4 Å². The van der Waals surface area contributed by atoms with Crippen LogP contribution in [0.4, 0.5) is 0 Å². The summed E-state index contributed by atoms with van der Waals surface area (Å²) in [6.07, 6.45) is 59.5. The molecule has 0 saturated carbocycles. The first-order chi connectivity index (χ1) is 36.7. The van der Waals surface area contributed by atoms with Crippen LogP contribution in [0.25, 0.3) is 0 Å². The standard InChI is InChI=1S/C64H105NO10/c1-4-7-10-13-16-19-22-24-26-27-28-29-30-31-32-34-37-40-43-46-49-52-59(69)75-62-61(71)60(70)58(53-66)74-64(62)73-54-55(56(67)50-47-44-41-38-35-21-18-15-12-9-6-3)65-63(72)57(68)51-48-45-42-39-36-33-25-23-20-17-14-11-8-5-2/h7-8,10-11,14,16-17,19-20,23-24,26,28-29,31-32,37,40,47,50,55-58,60-62,64,66-68,70-71H,4-6,9,12-13,15,18,21-22,25,27,30,33-36,38-39,41-46,48-49,51-54H2,1-3H3,(H,65,72)/b10-7-,11-8+,17-14+,19-16-,23-20+,26-24-,29-28-,32-31-,40-37-,50-47+. The molecule has 0 aliphatic carbocycles. The zero-order valence-electron chi connectivity index (χ0n) is 46.9. The summed E-state index contributed by atoms with van der Waals surface area (Å²) in [6.45, 7) is 5.48. The number of aliphatic hydroxyl groups excluding tert-OH is 5. The first-order valence-electron chi connectivity index (χ1n) is 29.3. The van der Waals surface area contributed by atoms with Crippen molar-refractivity contribution in [2.45, 2.75) is 256 Å². The molecule has 8 unspecified atom stereocenters. The van der Waals surface area contributed by atoms with Gasteiger partial charge >= 0.3 is 5.97 Å². The van der Waals surface area contributed by atoms with Crippen molar-refractivity contribution in [3.8, 4) is 0 Å². The summed E-state index contributed by atoms with van der Waals surface area (Å²) in [4.78, 5) is 26.5. The van der Waals surface area contributed by atoms with E-state index >= 15 is 0 Å². The molecule has 1 saturated heterocycles. The van der Waals surface area contributed by atoms with E-state index in [-0.39, 0.29) is 19.4 Å². The van der Waals surface area contributed by atoms with Gasteiger partial charge in [0.1, 0.15) is 24.4 Å². The lowest BCUT2D eigenvalue weighted by molar-refractivity contribution is -0.305. The summed E-state index contributed by atoms with van der Waals surface area (Å²) in [5.41, 5.74) is 0. The highest BCUT2D eigenvalue weighted by Crippen LogP contribution is 2.26. The molecule has 0 bridgehead atoms. The highest BCUT2D eigenvalue weighted by Gasteiger charge is 2.47. The van der Waals surface area contributed by atoms with Crippen LogP contribution in [-0.4, -0.2) is 99.6 Å². The molecule has 75 heavy (non-hydrogen) atoms. The summed E-state index contributed by atoms with van der Waals surface area (Å²) in [5.74, 6) is -1.27. The van der Waals surface area contributed by atoms with Gasteiger partial charge in [-0.2, -0.15) is 0 Å². The molecule has 6 N–H and O–H groups in total. The van der Waals surface area contributed by atoms with Gasteiger partial charge in [-0.1, -0.05) is 226 Å². The fraction of sp³-hybridized carbons (Fsp3) is 0.656. The van der Waals surface area contributed by atoms with Crippen LogP contribution in [0.2, 0.25) is 0 Å². The summed E-state index contributed by atoms with van der Waals surface area (Å²) in [5, 5.41) is 56.8. The van der Waals surface area contributed by atoms with Crippen LogP contribution in [0.1, 0.15) is 207 Å². The number of nitrogens with one attached hydrogen (secondary N) is 1. The van der Waals surface area contributed by atoms with Crippen LogP contribution in [-0.2, 0) is 23.8 Å². The van der Waals surface area contributed by atoms with Crippen molar-refractivity contribution in [3.63, 3.8) is 0 Å². The molecule has 8 atom stereocenters. The molecule has 0 radical (unpaired) electrons. The van der Waals surface area contributed by atoms with E-state index in [1.165, 1.54) is 38.5 Å². The van der Waals surface area contributed by atoms with Crippen LogP contribution in [0.15, 0.2) is 122 Å². The molecule has 1 amide bonds. The number of aliphatic hydroxyl groups is 5. The van der Waals surface area contributed by atoms with E-state index in [4.69, 9.17) is 14.2 Å². The Hall–Kier alpha value is -3.94. The Morgan fingerprint density at radius 3 is 1.59 bits per heavy atom. The molecule has 11 nitrogen and oxygen atoms in total. The lowest BCUT2D eigenvalue weighted by Crippen LogP contribution is -2.61. The quantitative estimate of drug-likeness (QED) is 0.0149. The summed E-state index contributed by atoms with van der Waals surface area (Å²) in [7, 11) is 0. The average molecular weight is 1050 g/mol. The Kier molecular flexibility index (Phi) is 46.8. The third-order valence-electron chi connectivity index (χ3n) is 12.9. The number of carbonyl (C=O) groups is 2. The normalized spacial score (nSPS) is 20.1. The van der Waals surface area contributed by atoms with Gasteiger partial charge < -0.3 is 45.1 Å². The topological polar surface area (TPSA) is 175 Å². The number of ether oxygens (including phenoxy) is 3. The number of allylic oxidation sites excluding steroid dienone is 19. The molecule has 0 spiro atoms. The second kappa shape index (κ2) is 50.9. The van der Waals surface area contributed by atoms with Crippen molar-refractivity contribution in [2.24, 2.45) is 0 Å². The zero-order valence-corrected chi connectivity index (χ0v) is 46.9. The Bertz CT molecular complexity index is 1680. The Morgan fingerprint density at radius 1 is 0.547 bits per heavy atom. The Balaban J connectivity index is 2.73. The van der Waals surface area contributed by atoms with E-state index in [0.29, 0.717) is 12.8 Å². The minimum atomic E-state index is -1.64. The fourth-order valence-electron chi connectivity index (χ4n) is 8.30. The minimum Gasteiger partial charge on any atom is -0.454 e. The molecule has 1 rings (SSSR count). The third-order valence-corrected chi connectivity index (χ3v) is 12.9. The molecule has 1 heterocycles. The van der Waals surface area contributed by atoms with Gasteiger partial charge in [0.25, 0.3) is 0 Å². The van der Waals surface area contributed by atoms with Gasteiger partial charge in [0, 0.05) is 6.42 Å². The Labute approximate surface area is 455 Å². The molecule has 426 valence electrons. The molecule has 0 aromatic rings. The summed E-state index contributed by atoms with van der Waals surface area (Å²) < 4.78 is 17.5. The van der Waals surface area contributed by atoms with E-state index in [9.17, 15) is 35.1 Å². The predicted molar refractivity (Wildman–Crippen MR) is 310 cm³/mol. The van der Waals surface area contributed by atoms with Gasteiger partial charge in [-0.15, -0.1) is 0 Å². The fourth-order valence-corrected chi connectivity index (χ4v) is 8.30. The maximum Gasteiger partial charge on any atom is 0.306 e. The molecular formula is C64H105NO10. The van der Waals surface area contributed by atoms with E-state index in [0.717, 1.165) is 122 Å². The van der Waals surface area contributed by atoms with Gasteiger partial charge in [-0.05, 0) is 96.3 Å². The monoisotopic (exact) mass is 1050 g/mol. The molecule has 11 heteroatoms. The van der Waals surface area contributed by atoms with Crippen LogP contribution in [0.3, 0.4) is 0 Å². The lowest BCUT2D eigenvalue weighted by atomic mass is 9.99. The molecule has 1 fully saturated rings. The van der Waals surface area contributed by atoms with Gasteiger partial charge in [-0.3, -0.25) is 9.59 Å². The van der Waals surface area contributed by atoms with Crippen molar-refractivity contribution in [1.82, 2.24) is 5.32 Å². The SMILES string of the molecule is CC/C=C\C/C=C\C/C=C\C/C=C\C/C=C\C/C=C\CCCCC(=O)OC1C(OCC(NC(=O)C(O)CCCCCCCC/C=C/C=C/C=C/CC)C(O)/C=C/CCCCCCCCCCC)OC(CO)C(O)C1O. The number of hydrogen-bond acceptors (Lipinski definition) is 10. The van der Waals surface area contributed by atoms with Gasteiger partial charge in [0.2, 0.25) is 5.91 Å². The van der Waals surface area contributed by atoms with Crippen molar-refractivity contribution >= 4 is 11.9 Å². The highest BCUT2D eigenvalue weighted by atomic mass is 16.7. The number of hydrogen-bond donors (Lipinski definition) is 6. The van der Waals surface area contributed by atoms with Crippen molar-refractivity contribution in [2.75, 3.05) is 13.2 Å². The number of carbonyl (C=O) groups excluding carboxylic acids is 2. The Morgan fingerprint density at radius 2 is 1.03 bits per heavy atom. The van der Waals surface area contributed by atoms with E-state index in [1.807, 2.05) is 18.2 Å². The second-order valence-electron chi connectivity index (χ2n) is 19.7. The average Bonchev–Trinajstić information content (AvgIpc) is 3.41. The smallest absolute Gasteiger partial charge is 0.306 e. The number of rotatable bonds is 47. The van der Waals surface area contributed by atoms with Gasteiger partial charge in [0.05, 0.1) is 25.4 Å². The largest absolute Gasteiger partial charge is 0.454 e. The minimum absolute atomic E-state index is 0.0599. The van der Waals surface area contributed by atoms with Gasteiger partial charge in [-0.25, -0.2) is 0 Å². The van der Waals surface area contributed by atoms with Crippen LogP contribution in [0.5, 0.6) is 0 Å². The first kappa shape index (κ1) is 69.1. The van der Waals surface area contributed by atoms with Crippen LogP contribution in [0, 0.1) is 0 Å². The van der Waals surface area contributed by atoms with E-state index in [1.54, 1.807) is 6.08 Å². The van der Waals surface area contributed by atoms with Crippen LogP contribution < -0.4 is 5.32 Å². The maximum absolute atomic E-state index is 13.4. The highest BCUT2D eigenvalue weighted by molar-refractivity contribution is 5.80. The molecule has 1 aliphatic heterocycles. The van der Waals surface area contributed by atoms with Crippen molar-refractivity contribution in [3.05, 3.63) is 122 Å². The van der Waals surface area contributed by atoms with E-state index < -0.39 is 67.4 Å². The van der Waals surface area contributed by atoms with E-state index in [2.05, 4.69) is 123 Å². The molecule has 0 aromatic carbocycles. The lowest BCUT2D eigenvalue weighted by Gasteiger charge is -2.41. The zero-order chi connectivity index (χ0) is 54.7. The van der Waals surface area contributed by atoms with Crippen LogP contribution >= 0.6 is 0 Å². The number of unbranched alkanes of at least 4 members (excludes halogenated alkanes) is 17. The second-order valence-corrected chi connectivity index (χ2v) is 19.7. The van der Waals surface area contributed by atoms with Crippen molar-refractivity contribution in [1.29, 1.82) is 0 Å². The number of esters is 1. The molecular weight excluding hydrogens is 943 g/mol. The molecule has 1 aliphatic rings. The maximum atomic E-state index is 13.4. The van der Waals surface area contributed by atoms with Crippen molar-refractivity contribution < 1.29 is 49.3 Å². The first-order valence-corrected chi connectivity index (χ1v) is 29.3. The summed E-state index contributed by atoms with van der Waals surface area (Å²) >= 11 is 0. The number of amides is 1.